The molecule has 0 aromatic carbocycles. The summed E-state index contributed by atoms with van der Waals surface area (Å²) in [5.41, 5.74) is 2.32. The van der Waals surface area contributed by atoms with E-state index in [9.17, 15) is 9.59 Å². The molecule has 0 atom stereocenters. The highest BCUT2D eigenvalue weighted by Gasteiger charge is 2.17. The summed E-state index contributed by atoms with van der Waals surface area (Å²) in [4.78, 5) is 22.5. The molecule has 1 rings (SSSR count). The number of hydrazone groups is 1. The summed E-state index contributed by atoms with van der Waals surface area (Å²) in [5, 5.41) is 11.2. The Labute approximate surface area is 113 Å². The minimum absolute atomic E-state index is 0.147. The fourth-order valence-electron chi connectivity index (χ4n) is 0.984. The molecule has 1 N–H and O–H groups in total. The molecule has 1 aromatic rings. The van der Waals surface area contributed by atoms with Crippen LogP contribution in [0.25, 0.3) is 0 Å². The van der Waals surface area contributed by atoms with Crippen molar-refractivity contribution < 1.29 is 19.1 Å². The highest BCUT2D eigenvalue weighted by molar-refractivity contribution is 6.39. The van der Waals surface area contributed by atoms with Crippen LogP contribution in [0.1, 0.15) is 6.42 Å². The van der Waals surface area contributed by atoms with E-state index in [2.05, 4.69) is 30.2 Å². The van der Waals surface area contributed by atoms with Gasteiger partial charge in [0.2, 0.25) is 0 Å². The molecule has 0 aliphatic rings. The molecule has 19 heavy (non-hydrogen) atoms. The van der Waals surface area contributed by atoms with Gasteiger partial charge in [0.15, 0.2) is 16.7 Å². The van der Waals surface area contributed by atoms with Gasteiger partial charge in [-0.05, 0) is 12.1 Å². The molecule has 1 aromatic heterocycles. The number of halogens is 1. The summed E-state index contributed by atoms with van der Waals surface area (Å²) in [6.07, 6.45) is -0.322. The predicted molar refractivity (Wildman–Crippen MR) is 66.7 cm³/mol. The second kappa shape index (κ2) is 7.27. The molecule has 0 fully saturated rings. The zero-order chi connectivity index (χ0) is 14.3. The van der Waals surface area contributed by atoms with E-state index in [1.54, 1.807) is 0 Å². The van der Waals surface area contributed by atoms with Crippen LogP contribution >= 0.6 is 11.6 Å². The topological polar surface area (TPSA) is 103 Å². The maximum absolute atomic E-state index is 11.4. The van der Waals surface area contributed by atoms with Gasteiger partial charge in [-0.1, -0.05) is 11.6 Å². The van der Waals surface area contributed by atoms with E-state index in [0.29, 0.717) is 0 Å². The minimum Gasteiger partial charge on any atom is -0.469 e. The van der Waals surface area contributed by atoms with Crippen molar-refractivity contribution in [3.8, 4) is 0 Å². The molecule has 0 saturated carbocycles. The van der Waals surface area contributed by atoms with Gasteiger partial charge >= 0.3 is 11.9 Å². The van der Waals surface area contributed by atoms with Gasteiger partial charge in [0.05, 0.1) is 20.6 Å². The Balaban J connectivity index is 2.79. The summed E-state index contributed by atoms with van der Waals surface area (Å²) >= 11 is 5.56. The van der Waals surface area contributed by atoms with Crippen molar-refractivity contribution in [1.29, 1.82) is 0 Å². The summed E-state index contributed by atoms with van der Waals surface area (Å²) < 4.78 is 8.93. The quantitative estimate of drug-likeness (QED) is 0.481. The average molecular weight is 287 g/mol. The molecule has 102 valence electrons. The molecule has 9 heteroatoms. The van der Waals surface area contributed by atoms with Crippen LogP contribution in [0, 0.1) is 0 Å². The molecule has 1 heterocycles. The van der Waals surface area contributed by atoms with E-state index in [4.69, 9.17) is 11.6 Å². The normalized spacial score (nSPS) is 10.8. The number of hydrogen-bond acceptors (Lipinski definition) is 8. The van der Waals surface area contributed by atoms with Crippen molar-refractivity contribution in [1.82, 2.24) is 10.2 Å². The van der Waals surface area contributed by atoms with Crippen LogP contribution in [-0.4, -0.2) is 42.1 Å². The first-order valence-corrected chi connectivity index (χ1v) is 5.41. The maximum atomic E-state index is 11.4. The summed E-state index contributed by atoms with van der Waals surface area (Å²) in [7, 11) is 2.38. The second-order valence-corrected chi connectivity index (χ2v) is 3.54. The number of rotatable bonds is 5. The Morgan fingerprint density at radius 1 is 1.32 bits per heavy atom. The number of nitrogens with one attached hydrogen (secondary N) is 1. The van der Waals surface area contributed by atoms with Crippen molar-refractivity contribution in [3.05, 3.63) is 17.3 Å². The Hall–Kier alpha value is -2.22. The molecule has 0 bridgehead atoms. The van der Waals surface area contributed by atoms with Crippen LogP contribution in [0.2, 0.25) is 5.15 Å². The average Bonchev–Trinajstić information content (AvgIpc) is 2.43. The van der Waals surface area contributed by atoms with Gasteiger partial charge in [-0.3, -0.25) is 10.2 Å². The van der Waals surface area contributed by atoms with Crippen molar-refractivity contribution in [2.45, 2.75) is 6.42 Å². The summed E-state index contributed by atoms with van der Waals surface area (Å²) in [6, 6.07) is 3.00. The number of anilines is 1. The lowest BCUT2D eigenvalue weighted by atomic mass is 10.3. The molecule has 0 unspecified atom stereocenters. The van der Waals surface area contributed by atoms with Crippen molar-refractivity contribution in [2.75, 3.05) is 19.6 Å². The van der Waals surface area contributed by atoms with Gasteiger partial charge in [-0.15, -0.1) is 10.2 Å². The van der Waals surface area contributed by atoms with Crippen molar-refractivity contribution in [3.63, 3.8) is 0 Å². The monoisotopic (exact) mass is 286 g/mol. The van der Waals surface area contributed by atoms with Crippen LogP contribution < -0.4 is 5.43 Å². The van der Waals surface area contributed by atoms with Crippen LogP contribution in [0.3, 0.4) is 0 Å². The molecule has 0 spiro atoms. The molecule has 0 radical (unpaired) electrons. The molecular formula is C10H11ClN4O4. The number of methoxy groups -OCH3 is 2. The molecule has 0 amide bonds. The van der Waals surface area contributed by atoms with Gasteiger partial charge in [-0.2, -0.15) is 5.10 Å². The van der Waals surface area contributed by atoms with Gasteiger partial charge < -0.3 is 9.47 Å². The van der Waals surface area contributed by atoms with Crippen molar-refractivity contribution >= 4 is 35.1 Å². The Kier molecular flexibility index (Phi) is 5.68. The first-order valence-electron chi connectivity index (χ1n) is 5.03. The molecule has 0 saturated heterocycles. The van der Waals surface area contributed by atoms with Gasteiger partial charge in [0.1, 0.15) is 0 Å². The smallest absolute Gasteiger partial charge is 0.354 e. The van der Waals surface area contributed by atoms with Crippen LogP contribution in [0.5, 0.6) is 0 Å². The lowest BCUT2D eigenvalue weighted by Crippen LogP contribution is -2.21. The minimum atomic E-state index is -0.750. The highest BCUT2D eigenvalue weighted by atomic mass is 35.5. The SMILES string of the molecule is COC(=O)C/C(=N/Nc1ccc(Cl)nn1)C(=O)OC. The fourth-order valence-corrected chi connectivity index (χ4v) is 1.09. The Morgan fingerprint density at radius 3 is 2.58 bits per heavy atom. The van der Waals surface area contributed by atoms with Crippen molar-refractivity contribution in [2.24, 2.45) is 5.10 Å². The van der Waals surface area contributed by atoms with E-state index in [1.165, 1.54) is 26.4 Å². The molecular weight excluding hydrogens is 276 g/mol. The van der Waals surface area contributed by atoms with Gasteiger partial charge in [-0.25, -0.2) is 4.79 Å². The second-order valence-electron chi connectivity index (χ2n) is 3.16. The first kappa shape index (κ1) is 14.8. The summed E-state index contributed by atoms with van der Waals surface area (Å²) in [5.74, 6) is -1.11. The number of hydrogen-bond donors (Lipinski definition) is 1. The van der Waals surface area contributed by atoms with E-state index in [-0.39, 0.29) is 23.1 Å². The third-order valence-corrected chi connectivity index (χ3v) is 2.10. The zero-order valence-corrected chi connectivity index (χ0v) is 11.0. The van der Waals surface area contributed by atoms with E-state index in [0.717, 1.165) is 0 Å². The largest absolute Gasteiger partial charge is 0.469 e. The van der Waals surface area contributed by atoms with Gasteiger partial charge in [0, 0.05) is 0 Å². The standard InChI is InChI=1S/C10H11ClN4O4/c1-18-9(16)5-6(10(17)19-2)12-14-8-4-3-7(11)13-15-8/h3-4H,5H2,1-2H3,(H,14,15)/b12-6-. The zero-order valence-electron chi connectivity index (χ0n) is 10.2. The van der Waals surface area contributed by atoms with Crippen LogP contribution in [0.15, 0.2) is 17.2 Å². The third-order valence-electron chi connectivity index (χ3n) is 1.90. The number of aromatic nitrogens is 2. The summed E-state index contributed by atoms with van der Waals surface area (Å²) in [6.45, 7) is 0. The predicted octanol–water partition coefficient (Wildman–Crippen LogP) is 0.634. The molecule has 0 aliphatic carbocycles. The fraction of sp³-hybridized carbons (Fsp3) is 0.300. The molecule has 0 aliphatic heterocycles. The Bertz CT molecular complexity index is 489. The van der Waals surface area contributed by atoms with Crippen LogP contribution in [0.4, 0.5) is 5.82 Å². The number of carbonyl (C=O) groups is 2. The number of nitrogens with zero attached hydrogens (tertiary/aromatic N) is 3. The van der Waals surface area contributed by atoms with E-state index >= 15 is 0 Å². The number of ether oxygens (including phenoxy) is 2. The van der Waals surface area contributed by atoms with E-state index in [1.807, 2.05) is 0 Å². The lowest BCUT2D eigenvalue weighted by Gasteiger charge is -2.04. The van der Waals surface area contributed by atoms with Gasteiger partial charge in [0.25, 0.3) is 0 Å². The molecule has 8 nitrogen and oxygen atoms in total. The lowest BCUT2D eigenvalue weighted by molar-refractivity contribution is -0.140. The first-order chi connectivity index (χ1) is 9.06. The number of esters is 2. The maximum Gasteiger partial charge on any atom is 0.354 e. The highest BCUT2D eigenvalue weighted by Crippen LogP contribution is 2.06. The van der Waals surface area contributed by atoms with Crippen LogP contribution in [-0.2, 0) is 19.1 Å². The number of carbonyl (C=O) groups excluding carboxylic acids is 2. The van der Waals surface area contributed by atoms with E-state index < -0.39 is 11.9 Å². The third kappa shape index (κ3) is 4.88. The Morgan fingerprint density at radius 2 is 2.05 bits per heavy atom.